The normalized spacial score (nSPS) is 21.1. The molecule has 1 aliphatic heterocycles. The number of hydrogen-bond donors (Lipinski definition) is 1. The molecule has 1 atom stereocenters. The highest BCUT2D eigenvalue weighted by atomic mass is 19.3. The number of halogens is 2. The topological polar surface area (TPSA) is 30.5 Å². The molecule has 1 aromatic rings. The molecule has 0 saturated carbocycles. The molecule has 1 heterocycles. The van der Waals surface area contributed by atoms with Crippen LogP contribution >= 0.6 is 0 Å². The van der Waals surface area contributed by atoms with E-state index in [9.17, 15) is 8.78 Å². The van der Waals surface area contributed by atoms with Gasteiger partial charge in [0.1, 0.15) is 5.75 Å². The Kier molecular flexibility index (Phi) is 3.69. The van der Waals surface area contributed by atoms with Crippen molar-refractivity contribution in [3.63, 3.8) is 0 Å². The maximum Gasteiger partial charge on any atom is 0.387 e. The molecule has 16 heavy (non-hydrogen) atoms. The average molecular weight is 229 g/mol. The van der Waals surface area contributed by atoms with Gasteiger partial charge >= 0.3 is 6.61 Å². The fourth-order valence-electron chi connectivity index (χ4n) is 1.67. The van der Waals surface area contributed by atoms with E-state index in [-0.39, 0.29) is 11.9 Å². The van der Waals surface area contributed by atoms with Crippen LogP contribution in [0, 0.1) is 0 Å². The van der Waals surface area contributed by atoms with Crippen LogP contribution in [0.4, 0.5) is 8.78 Å². The van der Waals surface area contributed by atoms with Crippen molar-refractivity contribution in [3.8, 4) is 5.75 Å². The number of alkyl halides is 2. The lowest BCUT2D eigenvalue weighted by Crippen LogP contribution is -2.33. The van der Waals surface area contributed by atoms with Gasteiger partial charge in [0.2, 0.25) is 0 Å². The van der Waals surface area contributed by atoms with Crippen LogP contribution in [0.2, 0.25) is 0 Å². The predicted octanol–water partition coefficient (Wildman–Crippen LogP) is 1.95. The van der Waals surface area contributed by atoms with E-state index in [0.717, 1.165) is 12.1 Å². The highest BCUT2D eigenvalue weighted by Crippen LogP contribution is 2.23. The molecule has 1 aliphatic rings. The number of ether oxygens (including phenoxy) is 2. The van der Waals surface area contributed by atoms with Crippen LogP contribution in [0.15, 0.2) is 24.3 Å². The van der Waals surface area contributed by atoms with Gasteiger partial charge in [0.15, 0.2) is 0 Å². The van der Waals surface area contributed by atoms with Gasteiger partial charge in [-0.1, -0.05) is 12.1 Å². The summed E-state index contributed by atoms with van der Waals surface area (Å²) < 4.78 is 33.9. The zero-order chi connectivity index (χ0) is 11.4. The van der Waals surface area contributed by atoms with Crippen molar-refractivity contribution < 1.29 is 18.3 Å². The molecule has 1 fully saturated rings. The lowest BCUT2D eigenvalue weighted by molar-refractivity contribution is -0.0501. The molecule has 2 rings (SSSR count). The maximum atomic E-state index is 12.0. The molecule has 0 spiro atoms. The summed E-state index contributed by atoms with van der Waals surface area (Å²) in [6.45, 7) is -0.646. The third-order valence-electron chi connectivity index (χ3n) is 2.38. The second kappa shape index (κ2) is 5.23. The fourth-order valence-corrected chi connectivity index (χ4v) is 1.67. The van der Waals surface area contributed by atoms with Gasteiger partial charge in [0, 0.05) is 13.1 Å². The molecule has 3 nitrogen and oxygen atoms in total. The highest BCUT2D eigenvalue weighted by Gasteiger charge is 2.16. The monoisotopic (exact) mass is 229 g/mol. The van der Waals surface area contributed by atoms with E-state index >= 15 is 0 Å². The molecular weight excluding hydrogens is 216 g/mol. The SMILES string of the molecule is FC(F)Oc1cccc([C@@H]2CNCCO2)c1. The molecule has 0 aromatic heterocycles. The predicted molar refractivity (Wildman–Crippen MR) is 54.6 cm³/mol. The summed E-state index contributed by atoms with van der Waals surface area (Å²) in [7, 11) is 0. The van der Waals surface area contributed by atoms with Crippen molar-refractivity contribution >= 4 is 0 Å². The van der Waals surface area contributed by atoms with Crippen LogP contribution in [0.25, 0.3) is 0 Å². The first-order chi connectivity index (χ1) is 7.75. The van der Waals surface area contributed by atoms with Crippen LogP contribution in [-0.4, -0.2) is 26.3 Å². The summed E-state index contributed by atoms with van der Waals surface area (Å²) in [6.07, 6.45) is -0.0880. The molecule has 88 valence electrons. The first-order valence-corrected chi connectivity index (χ1v) is 5.13. The number of benzene rings is 1. The Hall–Kier alpha value is -1.20. The smallest absolute Gasteiger partial charge is 0.387 e. The van der Waals surface area contributed by atoms with Gasteiger partial charge in [0.05, 0.1) is 12.7 Å². The summed E-state index contributed by atoms with van der Waals surface area (Å²) in [5.41, 5.74) is 0.852. The standard InChI is InChI=1S/C11H13F2NO2/c12-11(13)16-9-3-1-2-8(6-9)10-7-14-4-5-15-10/h1-3,6,10-11,14H,4-5,7H2/t10-/m0/s1. The Bertz CT molecular complexity index is 341. The van der Waals surface area contributed by atoms with Crippen LogP contribution in [-0.2, 0) is 4.74 Å². The Morgan fingerprint density at radius 2 is 2.31 bits per heavy atom. The Morgan fingerprint density at radius 1 is 1.44 bits per heavy atom. The molecule has 5 heteroatoms. The molecule has 0 bridgehead atoms. The molecule has 0 radical (unpaired) electrons. The van der Waals surface area contributed by atoms with Gasteiger partial charge in [-0.05, 0) is 17.7 Å². The van der Waals surface area contributed by atoms with Crippen molar-refractivity contribution in [3.05, 3.63) is 29.8 Å². The van der Waals surface area contributed by atoms with E-state index in [2.05, 4.69) is 10.1 Å². The second-order valence-electron chi connectivity index (χ2n) is 3.51. The number of nitrogens with one attached hydrogen (secondary N) is 1. The van der Waals surface area contributed by atoms with Crippen LogP contribution in [0.3, 0.4) is 0 Å². The van der Waals surface area contributed by atoms with Crippen LogP contribution < -0.4 is 10.1 Å². The van der Waals surface area contributed by atoms with Gasteiger partial charge in [-0.2, -0.15) is 8.78 Å². The van der Waals surface area contributed by atoms with E-state index < -0.39 is 6.61 Å². The van der Waals surface area contributed by atoms with Crippen molar-refractivity contribution in [1.29, 1.82) is 0 Å². The molecule has 0 unspecified atom stereocenters. The summed E-state index contributed by atoms with van der Waals surface area (Å²) in [5.74, 6) is 0.168. The highest BCUT2D eigenvalue weighted by molar-refractivity contribution is 5.30. The van der Waals surface area contributed by atoms with Gasteiger partial charge < -0.3 is 14.8 Å². The van der Waals surface area contributed by atoms with Crippen molar-refractivity contribution in [1.82, 2.24) is 5.32 Å². The maximum absolute atomic E-state index is 12.0. The summed E-state index contributed by atoms with van der Waals surface area (Å²) in [5, 5.41) is 3.18. The van der Waals surface area contributed by atoms with Crippen molar-refractivity contribution in [2.75, 3.05) is 19.7 Å². The second-order valence-corrected chi connectivity index (χ2v) is 3.51. The molecule has 1 N–H and O–H groups in total. The van der Waals surface area contributed by atoms with Gasteiger partial charge in [0.25, 0.3) is 0 Å². The lowest BCUT2D eigenvalue weighted by Gasteiger charge is -2.24. The van der Waals surface area contributed by atoms with E-state index in [4.69, 9.17) is 4.74 Å². The largest absolute Gasteiger partial charge is 0.435 e. The van der Waals surface area contributed by atoms with Crippen molar-refractivity contribution in [2.45, 2.75) is 12.7 Å². The number of hydrogen-bond acceptors (Lipinski definition) is 3. The first kappa shape index (κ1) is 11.3. The Balaban J connectivity index is 2.08. The Morgan fingerprint density at radius 3 is 3.00 bits per heavy atom. The summed E-state index contributed by atoms with van der Waals surface area (Å²) >= 11 is 0. The number of rotatable bonds is 3. The third kappa shape index (κ3) is 2.90. The van der Waals surface area contributed by atoms with Gasteiger partial charge in [-0.25, -0.2) is 0 Å². The van der Waals surface area contributed by atoms with Crippen LogP contribution in [0.5, 0.6) is 5.75 Å². The number of morpholine rings is 1. The molecule has 0 aliphatic carbocycles. The van der Waals surface area contributed by atoms with E-state index in [0.29, 0.717) is 13.2 Å². The van der Waals surface area contributed by atoms with Crippen LogP contribution in [0.1, 0.15) is 11.7 Å². The fraction of sp³-hybridized carbons (Fsp3) is 0.455. The zero-order valence-corrected chi connectivity index (χ0v) is 8.66. The first-order valence-electron chi connectivity index (χ1n) is 5.13. The minimum atomic E-state index is -2.79. The van der Waals surface area contributed by atoms with E-state index in [1.54, 1.807) is 12.1 Å². The summed E-state index contributed by atoms with van der Waals surface area (Å²) in [6, 6.07) is 6.62. The van der Waals surface area contributed by atoms with Gasteiger partial charge in [-0.15, -0.1) is 0 Å². The van der Waals surface area contributed by atoms with E-state index in [1.807, 2.05) is 6.07 Å². The molecular formula is C11H13F2NO2. The molecule has 0 amide bonds. The quantitative estimate of drug-likeness (QED) is 0.859. The summed E-state index contributed by atoms with van der Waals surface area (Å²) in [4.78, 5) is 0. The average Bonchev–Trinajstić information content (AvgIpc) is 2.30. The van der Waals surface area contributed by atoms with Crippen molar-refractivity contribution in [2.24, 2.45) is 0 Å². The molecule has 1 saturated heterocycles. The Labute approximate surface area is 92.4 Å². The minimum absolute atomic E-state index is 0.0880. The van der Waals surface area contributed by atoms with E-state index in [1.165, 1.54) is 6.07 Å². The third-order valence-corrected chi connectivity index (χ3v) is 2.38. The van der Waals surface area contributed by atoms with Gasteiger partial charge in [-0.3, -0.25) is 0 Å². The zero-order valence-electron chi connectivity index (χ0n) is 8.66. The minimum Gasteiger partial charge on any atom is -0.435 e. The lowest BCUT2D eigenvalue weighted by atomic mass is 10.1. The molecule has 1 aromatic carbocycles.